The first-order chi connectivity index (χ1) is 7.74. The molecule has 0 saturated carbocycles. The molecule has 2 aromatic rings. The van der Waals surface area contributed by atoms with Gasteiger partial charge in [-0.3, -0.25) is 0 Å². The van der Waals surface area contributed by atoms with Crippen LogP contribution in [0.15, 0.2) is 21.5 Å². The van der Waals surface area contributed by atoms with Crippen molar-refractivity contribution >= 4 is 21.7 Å². The molecule has 2 heterocycles. The number of rotatable bonds is 4. The second kappa shape index (κ2) is 5.02. The van der Waals surface area contributed by atoms with Gasteiger partial charge in [-0.25, -0.2) is 9.97 Å². The summed E-state index contributed by atoms with van der Waals surface area (Å²) in [5.41, 5.74) is 0. The first-order valence-corrected chi connectivity index (χ1v) is 5.54. The SMILES string of the molecule is Cc1noc(CCNc2cc(Br)ncn2)n1. The largest absolute Gasteiger partial charge is 0.369 e. The molecule has 0 saturated heterocycles. The second-order valence-corrected chi connectivity index (χ2v) is 3.95. The molecule has 0 amide bonds. The van der Waals surface area contributed by atoms with Gasteiger partial charge in [0, 0.05) is 19.0 Å². The van der Waals surface area contributed by atoms with E-state index in [4.69, 9.17) is 4.52 Å². The van der Waals surface area contributed by atoms with Crippen LogP contribution in [0.5, 0.6) is 0 Å². The fourth-order valence-electron chi connectivity index (χ4n) is 1.17. The second-order valence-electron chi connectivity index (χ2n) is 3.14. The quantitative estimate of drug-likeness (QED) is 0.859. The summed E-state index contributed by atoms with van der Waals surface area (Å²) in [7, 11) is 0. The number of nitrogens with zero attached hydrogens (tertiary/aromatic N) is 4. The van der Waals surface area contributed by atoms with E-state index in [2.05, 4.69) is 41.4 Å². The van der Waals surface area contributed by atoms with Gasteiger partial charge in [0.25, 0.3) is 0 Å². The average Bonchev–Trinajstić information content (AvgIpc) is 2.64. The molecule has 0 unspecified atom stereocenters. The van der Waals surface area contributed by atoms with Crippen molar-refractivity contribution in [3.05, 3.63) is 28.7 Å². The van der Waals surface area contributed by atoms with Gasteiger partial charge in [0.2, 0.25) is 5.89 Å². The summed E-state index contributed by atoms with van der Waals surface area (Å²) >= 11 is 3.27. The third kappa shape index (κ3) is 2.99. The van der Waals surface area contributed by atoms with Crippen LogP contribution in [0, 0.1) is 6.92 Å². The van der Waals surface area contributed by atoms with Gasteiger partial charge < -0.3 is 9.84 Å². The Morgan fingerprint density at radius 1 is 1.44 bits per heavy atom. The van der Waals surface area contributed by atoms with E-state index in [1.165, 1.54) is 6.33 Å². The van der Waals surface area contributed by atoms with Crippen LogP contribution in [0.25, 0.3) is 0 Å². The number of hydrogen-bond donors (Lipinski definition) is 1. The molecule has 0 spiro atoms. The van der Waals surface area contributed by atoms with Crippen molar-refractivity contribution in [2.75, 3.05) is 11.9 Å². The van der Waals surface area contributed by atoms with E-state index in [9.17, 15) is 0 Å². The number of anilines is 1. The van der Waals surface area contributed by atoms with Gasteiger partial charge >= 0.3 is 0 Å². The molecule has 0 bridgehead atoms. The molecule has 2 rings (SSSR count). The highest BCUT2D eigenvalue weighted by Crippen LogP contribution is 2.09. The Morgan fingerprint density at radius 2 is 2.31 bits per heavy atom. The Labute approximate surface area is 101 Å². The minimum Gasteiger partial charge on any atom is -0.369 e. The van der Waals surface area contributed by atoms with E-state index in [1.807, 2.05) is 0 Å². The highest BCUT2D eigenvalue weighted by Gasteiger charge is 2.02. The number of hydrogen-bond acceptors (Lipinski definition) is 6. The maximum atomic E-state index is 4.98. The summed E-state index contributed by atoms with van der Waals surface area (Å²) in [6, 6.07) is 1.80. The first-order valence-electron chi connectivity index (χ1n) is 4.74. The number of halogens is 1. The minimum absolute atomic E-state index is 0.623. The molecule has 7 heteroatoms. The Balaban J connectivity index is 1.84. The summed E-state index contributed by atoms with van der Waals surface area (Å²) in [5.74, 6) is 2.04. The van der Waals surface area contributed by atoms with Crippen molar-refractivity contribution < 1.29 is 4.52 Å². The maximum Gasteiger partial charge on any atom is 0.228 e. The zero-order chi connectivity index (χ0) is 11.4. The highest BCUT2D eigenvalue weighted by molar-refractivity contribution is 9.10. The van der Waals surface area contributed by atoms with Crippen LogP contribution in [-0.4, -0.2) is 26.7 Å². The summed E-state index contributed by atoms with van der Waals surface area (Å²) in [6.45, 7) is 2.48. The molecule has 0 aliphatic carbocycles. The zero-order valence-electron chi connectivity index (χ0n) is 8.64. The van der Waals surface area contributed by atoms with Crippen LogP contribution in [0.4, 0.5) is 5.82 Å². The van der Waals surface area contributed by atoms with E-state index in [0.717, 1.165) is 10.4 Å². The molecule has 0 aliphatic heterocycles. The summed E-state index contributed by atoms with van der Waals surface area (Å²) in [6.07, 6.45) is 2.16. The molecular formula is C9H10BrN5O. The van der Waals surface area contributed by atoms with Crippen molar-refractivity contribution in [2.45, 2.75) is 13.3 Å². The van der Waals surface area contributed by atoms with Crippen molar-refractivity contribution in [3.8, 4) is 0 Å². The van der Waals surface area contributed by atoms with Crippen LogP contribution in [0.2, 0.25) is 0 Å². The smallest absolute Gasteiger partial charge is 0.228 e. The Bertz CT molecular complexity index is 472. The fraction of sp³-hybridized carbons (Fsp3) is 0.333. The normalized spacial score (nSPS) is 10.4. The summed E-state index contributed by atoms with van der Waals surface area (Å²) in [5, 5.41) is 6.84. The van der Waals surface area contributed by atoms with E-state index in [0.29, 0.717) is 24.7 Å². The third-order valence-electron chi connectivity index (χ3n) is 1.85. The van der Waals surface area contributed by atoms with Gasteiger partial charge in [-0.05, 0) is 22.9 Å². The monoisotopic (exact) mass is 283 g/mol. The van der Waals surface area contributed by atoms with Crippen LogP contribution in [0.1, 0.15) is 11.7 Å². The molecule has 0 radical (unpaired) electrons. The predicted molar refractivity (Wildman–Crippen MR) is 61.0 cm³/mol. The van der Waals surface area contributed by atoms with Crippen LogP contribution >= 0.6 is 15.9 Å². The first kappa shape index (κ1) is 11.0. The fourth-order valence-corrected chi connectivity index (χ4v) is 1.48. The van der Waals surface area contributed by atoms with E-state index < -0.39 is 0 Å². The molecule has 84 valence electrons. The Kier molecular flexibility index (Phi) is 3.45. The van der Waals surface area contributed by atoms with Crippen molar-refractivity contribution in [1.82, 2.24) is 20.1 Å². The van der Waals surface area contributed by atoms with Gasteiger partial charge in [-0.1, -0.05) is 5.16 Å². The lowest BCUT2D eigenvalue weighted by Crippen LogP contribution is -2.06. The van der Waals surface area contributed by atoms with Gasteiger partial charge in [-0.2, -0.15) is 4.98 Å². The molecule has 16 heavy (non-hydrogen) atoms. The molecule has 0 atom stereocenters. The van der Waals surface area contributed by atoms with Crippen LogP contribution in [-0.2, 0) is 6.42 Å². The molecule has 0 fully saturated rings. The van der Waals surface area contributed by atoms with E-state index >= 15 is 0 Å². The topological polar surface area (TPSA) is 76.7 Å². The number of nitrogens with one attached hydrogen (secondary N) is 1. The minimum atomic E-state index is 0.623. The third-order valence-corrected chi connectivity index (χ3v) is 2.28. The van der Waals surface area contributed by atoms with Gasteiger partial charge in [0.1, 0.15) is 16.7 Å². The van der Waals surface area contributed by atoms with E-state index in [1.54, 1.807) is 13.0 Å². The molecular weight excluding hydrogens is 274 g/mol. The Morgan fingerprint density at radius 3 is 3.00 bits per heavy atom. The summed E-state index contributed by atoms with van der Waals surface area (Å²) < 4.78 is 5.73. The molecule has 6 nitrogen and oxygen atoms in total. The average molecular weight is 284 g/mol. The lowest BCUT2D eigenvalue weighted by atomic mass is 10.4. The van der Waals surface area contributed by atoms with Crippen molar-refractivity contribution in [1.29, 1.82) is 0 Å². The lowest BCUT2D eigenvalue weighted by molar-refractivity contribution is 0.377. The molecule has 0 aromatic carbocycles. The summed E-state index contributed by atoms with van der Waals surface area (Å²) in [4.78, 5) is 12.1. The van der Waals surface area contributed by atoms with Gasteiger partial charge in [0.05, 0.1) is 0 Å². The molecule has 1 N–H and O–H groups in total. The van der Waals surface area contributed by atoms with Crippen LogP contribution < -0.4 is 5.32 Å². The van der Waals surface area contributed by atoms with E-state index in [-0.39, 0.29) is 0 Å². The molecule has 2 aromatic heterocycles. The number of aromatic nitrogens is 4. The van der Waals surface area contributed by atoms with Crippen LogP contribution in [0.3, 0.4) is 0 Å². The highest BCUT2D eigenvalue weighted by atomic mass is 79.9. The van der Waals surface area contributed by atoms with Gasteiger partial charge in [0.15, 0.2) is 5.82 Å². The predicted octanol–water partition coefficient (Wildman–Crippen LogP) is 1.59. The van der Waals surface area contributed by atoms with Gasteiger partial charge in [-0.15, -0.1) is 0 Å². The zero-order valence-corrected chi connectivity index (χ0v) is 10.2. The number of aryl methyl sites for hydroxylation is 1. The van der Waals surface area contributed by atoms with Crippen molar-refractivity contribution in [3.63, 3.8) is 0 Å². The maximum absolute atomic E-state index is 4.98. The lowest BCUT2D eigenvalue weighted by Gasteiger charge is -2.02. The van der Waals surface area contributed by atoms with Crippen molar-refractivity contribution in [2.24, 2.45) is 0 Å². The standard InChI is InChI=1S/C9H10BrN5O/c1-6-14-9(16-15-6)2-3-11-8-4-7(10)12-5-13-8/h4-5H,2-3H2,1H3,(H,11,12,13). The Hall–Kier alpha value is -1.50. The molecule has 0 aliphatic rings.